The lowest BCUT2D eigenvalue weighted by Crippen LogP contribution is -2.32. The van der Waals surface area contributed by atoms with Gasteiger partial charge in [-0.25, -0.2) is 4.57 Å². The third kappa shape index (κ3) is 8.19. The van der Waals surface area contributed by atoms with Gasteiger partial charge in [-0.3, -0.25) is 9.32 Å². The average molecular weight is 225 g/mol. The highest BCUT2D eigenvalue weighted by atomic mass is 31.2. The molecule has 1 atom stereocenters. The van der Waals surface area contributed by atoms with Crippen molar-refractivity contribution in [1.82, 2.24) is 5.32 Å². The van der Waals surface area contributed by atoms with Crippen LogP contribution in [0.5, 0.6) is 0 Å². The maximum absolute atomic E-state index is 11.1. The summed E-state index contributed by atoms with van der Waals surface area (Å²) >= 11 is 0. The summed E-state index contributed by atoms with van der Waals surface area (Å²) in [6, 6.07) is 0.0672. The topological polar surface area (TPSA) is 95.9 Å². The molecule has 0 heterocycles. The van der Waals surface area contributed by atoms with Crippen molar-refractivity contribution in [2.24, 2.45) is 0 Å². The molecule has 7 heteroatoms. The van der Waals surface area contributed by atoms with Crippen LogP contribution in [0, 0.1) is 0 Å². The van der Waals surface area contributed by atoms with Gasteiger partial charge >= 0.3 is 7.82 Å². The highest BCUT2D eigenvalue weighted by Crippen LogP contribution is 2.35. The lowest BCUT2D eigenvalue weighted by Gasteiger charge is -2.11. The van der Waals surface area contributed by atoms with E-state index in [-0.39, 0.29) is 25.0 Å². The summed E-state index contributed by atoms with van der Waals surface area (Å²) < 4.78 is 14.4. The molecule has 84 valence electrons. The Morgan fingerprint density at radius 3 is 2.57 bits per heavy atom. The molecular formula is C7H16NO5P. The molecule has 0 saturated carbocycles. The molecule has 1 unspecified atom stereocenters. The number of rotatable bonds is 6. The Bertz CT molecular complexity index is 226. The predicted molar refractivity (Wildman–Crippen MR) is 50.5 cm³/mol. The van der Waals surface area contributed by atoms with Crippen LogP contribution in [0.3, 0.4) is 0 Å². The van der Waals surface area contributed by atoms with E-state index in [4.69, 9.17) is 9.79 Å². The maximum Gasteiger partial charge on any atom is 0.469 e. The van der Waals surface area contributed by atoms with Crippen LogP contribution in [0.4, 0.5) is 0 Å². The van der Waals surface area contributed by atoms with Crippen LogP contribution in [0.15, 0.2) is 0 Å². The number of carbonyl (C=O) groups is 1. The second-order valence-corrected chi connectivity index (χ2v) is 4.19. The minimum absolute atomic E-state index is 0.0462. The lowest BCUT2D eigenvalue weighted by molar-refractivity contribution is -0.122. The highest BCUT2D eigenvalue weighted by molar-refractivity contribution is 7.46. The van der Waals surface area contributed by atoms with E-state index in [9.17, 15) is 9.36 Å². The quantitative estimate of drug-likeness (QED) is 0.568. The molecule has 0 aromatic carbocycles. The summed E-state index contributed by atoms with van der Waals surface area (Å²) in [5, 5.41) is 2.64. The van der Waals surface area contributed by atoms with Gasteiger partial charge in [0.2, 0.25) is 5.91 Å². The van der Waals surface area contributed by atoms with E-state index in [1.54, 1.807) is 0 Å². The minimum atomic E-state index is -4.44. The SMILES string of the molecule is CCC(C)NC(=O)CCOP(=O)(O)O. The van der Waals surface area contributed by atoms with Crippen molar-refractivity contribution < 1.29 is 23.7 Å². The first-order valence-corrected chi connectivity index (χ1v) is 5.87. The molecule has 0 aromatic rings. The number of hydrogen-bond donors (Lipinski definition) is 3. The Morgan fingerprint density at radius 1 is 1.57 bits per heavy atom. The van der Waals surface area contributed by atoms with Gasteiger partial charge in [-0.2, -0.15) is 0 Å². The maximum atomic E-state index is 11.1. The third-order valence-corrected chi connectivity index (χ3v) is 2.13. The molecule has 3 N–H and O–H groups in total. The zero-order valence-corrected chi connectivity index (χ0v) is 9.16. The fourth-order valence-corrected chi connectivity index (χ4v) is 1.04. The number of amides is 1. The lowest BCUT2D eigenvalue weighted by atomic mass is 10.2. The first-order chi connectivity index (χ1) is 6.35. The van der Waals surface area contributed by atoms with Crippen LogP contribution in [-0.4, -0.2) is 28.3 Å². The first kappa shape index (κ1) is 13.6. The minimum Gasteiger partial charge on any atom is -0.354 e. The van der Waals surface area contributed by atoms with Crippen molar-refractivity contribution in [3.8, 4) is 0 Å². The monoisotopic (exact) mass is 225 g/mol. The molecule has 0 bridgehead atoms. The summed E-state index contributed by atoms with van der Waals surface area (Å²) in [5.41, 5.74) is 0. The molecule has 0 saturated heterocycles. The van der Waals surface area contributed by atoms with E-state index in [1.165, 1.54) is 0 Å². The molecule has 6 nitrogen and oxygen atoms in total. The molecule has 0 spiro atoms. The smallest absolute Gasteiger partial charge is 0.354 e. The number of phosphoric acid groups is 1. The Labute approximate surface area is 82.9 Å². The van der Waals surface area contributed by atoms with Crippen LogP contribution in [0.25, 0.3) is 0 Å². The van der Waals surface area contributed by atoms with Gasteiger partial charge in [-0.15, -0.1) is 0 Å². The van der Waals surface area contributed by atoms with Crippen molar-refractivity contribution in [2.45, 2.75) is 32.7 Å². The fraction of sp³-hybridized carbons (Fsp3) is 0.857. The van der Waals surface area contributed by atoms with Crippen molar-refractivity contribution in [3.63, 3.8) is 0 Å². The largest absolute Gasteiger partial charge is 0.469 e. The first-order valence-electron chi connectivity index (χ1n) is 4.34. The molecule has 0 aliphatic heterocycles. The number of phosphoric ester groups is 1. The summed E-state index contributed by atoms with van der Waals surface area (Å²) in [5.74, 6) is -0.271. The van der Waals surface area contributed by atoms with Gasteiger partial charge in [0.15, 0.2) is 0 Å². The summed E-state index contributed by atoms with van der Waals surface area (Å²) in [6.45, 7) is 3.51. The van der Waals surface area contributed by atoms with E-state index >= 15 is 0 Å². The molecule has 0 aliphatic rings. The van der Waals surface area contributed by atoms with Crippen LogP contribution in [-0.2, 0) is 13.9 Å². The van der Waals surface area contributed by atoms with Gasteiger partial charge in [0.25, 0.3) is 0 Å². The van der Waals surface area contributed by atoms with E-state index in [1.807, 2.05) is 13.8 Å². The zero-order valence-electron chi connectivity index (χ0n) is 8.27. The second kappa shape index (κ2) is 6.14. The van der Waals surface area contributed by atoms with Crippen molar-refractivity contribution >= 4 is 13.7 Å². The molecule has 0 radical (unpaired) electrons. The fourth-order valence-electron chi connectivity index (χ4n) is 0.706. The molecule has 0 aromatic heterocycles. The van der Waals surface area contributed by atoms with E-state index in [0.717, 1.165) is 6.42 Å². The molecule has 0 rings (SSSR count). The Balaban J connectivity index is 3.60. The van der Waals surface area contributed by atoms with Crippen molar-refractivity contribution in [2.75, 3.05) is 6.61 Å². The molecular weight excluding hydrogens is 209 g/mol. The number of nitrogens with one attached hydrogen (secondary N) is 1. The van der Waals surface area contributed by atoms with Crippen LogP contribution >= 0.6 is 7.82 Å². The number of hydrogen-bond acceptors (Lipinski definition) is 3. The molecule has 14 heavy (non-hydrogen) atoms. The second-order valence-electron chi connectivity index (χ2n) is 2.95. The Hall–Kier alpha value is -0.420. The van der Waals surface area contributed by atoms with Crippen LogP contribution in [0.1, 0.15) is 26.7 Å². The Morgan fingerprint density at radius 2 is 2.14 bits per heavy atom. The van der Waals surface area contributed by atoms with Gasteiger partial charge in [0.1, 0.15) is 0 Å². The molecule has 0 aliphatic carbocycles. The highest BCUT2D eigenvalue weighted by Gasteiger charge is 2.14. The van der Waals surface area contributed by atoms with Gasteiger partial charge in [0, 0.05) is 6.04 Å². The third-order valence-electron chi connectivity index (χ3n) is 1.61. The Kier molecular flexibility index (Phi) is 5.95. The van der Waals surface area contributed by atoms with Gasteiger partial charge in [0.05, 0.1) is 13.0 Å². The summed E-state index contributed by atoms with van der Waals surface area (Å²) in [6.07, 6.45) is 0.764. The molecule has 1 amide bonds. The molecule has 0 fully saturated rings. The van der Waals surface area contributed by atoms with E-state index in [0.29, 0.717) is 0 Å². The van der Waals surface area contributed by atoms with Crippen LogP contribution in [0.2, 0.25) is 0 Å². The summed E-state index contributed by atoms with van der Waals surface area (Å²) in [4.78, 5) is 27.7. The van der Waals surface area contributed by atoms with Gasteiger partial charge in [-0.1, -0.05) is 6.92 Å². The standard InChI is InChI=1S/C7H16NO5P/c1-3-6(2)8-7(9)4-5-13-14(10,11)12/h6H,3-5H2,1-2H3,(H,8,9)(H2,10,11,12). The number of carbonyl (C=O) groups excluding carboxylic acids is 1. The van der Waals surface area contributed by atoms with E-state index < -0.39 is 7.82 Å². The van der Waals surface area contributed by atoms with Crippen molar-refractivity contribution in [3.05, 3.63) is 0 Å². The van der Waals surface area contributed by atoms with Crippen LogP contribution < -0.4 is 5.32 Å². The summed E-state index contributed by atoms with van der Waals surface area (Å²) in [7, 11) is -4.44. The predicted octanol–water partition coefficient (Wildman–Crippen LogP) is 0.400. The average Bonchev–Trinajstić information content (AvgIpc) is 2.01. The zero-order chi connectivity index (χ0) is 11.2. The normalized spacial score (nSPS) is 13.7. The van der Waals surface area contributed by atoms with Gasteiger partial charge in [-0.05, 0) is 13.3 Å². The van der Waals surface area contributed by atoms with Gasteiger partial charge < -0.3 is 15.1 Å². The van der Waals surface area contributed by atoms with Crippen molar-refractivity contribution in [1.29, 1.82) is 0 Å². The van der Waals surface area contributed by atoms with E-state index in [2.05, 4.69) is 9.84 Å².